The van der Waals surface area contributed by atoms with Crippen LogP contribution in [0.1, 0.15) is 49.2 Å². The average Bonchev–Trinajstić information content (AvgIpc) is 3.22. The number of nitrogens with zero attached hydrogens (tertiary/aromatic N) is 1. The maximum absolute atomic E-state index is 14.4. The predicted molar refractivity (Wildman–Crippen MR) is 123 cm³/mol. The van der Waals surface area contributed by atoms with Crippen LogP contribution in [-0.2, 0) is 9.53 Å². The van der Waals surface area contributed by atoms with E-state index in [0.717, 1.165) is 12.0 Å². The van der Waals surface area contributed by atoms with E-state index in [1.807, 2.05) is 36.4 Å². The number of aromatic nitrogens is 1. The van der Waals surface area contributed by atoms with Gasteiger partial charge in [0.1, 0.15) is 17.3 Å². The average molecular weight is 453 g/mol. The molecule has 6 nitrogen and oxygen atoms in total. The Morgan fingerprint density at radius 2 is 2.03 bits per heavy atom. The Morgan fingerprint density at radius 1 is 1.21 bits per heavy atom. The maximum Gasteiger partial charge on any atom is 0.263 e. The first kappa shape index (κ1) is 23.0. The predicted octanol–water partition coefficient (Wildman–Crippen LogP) is 5.66. The summed E-state index contributed by atoms with van der Waals surface area (Å²) in [5, 5.41) is 6.38. The first-order chi connectivity index (χ1) is 15.9. The smallest absolute Gasteiger partial charge is 0.263 e. The molecule has 2 aromatic carbocycles. The number of amides is 1. The summed E-state index contributed by atoms with van der Waals surface area (Å²) in [5.74, 6) is 1.65. The van der Waals surface area contributed by atoms with Gasteiger partial charge in [0.15, 0.2) is 12.4 Å². The van der Waals surface area contributed by atoms with Crippen molar-refractivity contribution in [2.24, 2.45) is 11.8 Å². The molecule has 33 heavy (non-hydrogen) atoms. The number of carbonyl (C=O) groups is 1. The minimum absolute atomic E-state index is 0.0261. The molecule has 1 aliphatic rings. The van der Waals surface area contributed by atoms with Crippen molar-refractivity contribution in [1.29, 1.82) is 0 Å². The zero-order valence-electron chi connectivity index (χ0n) is 19.1. The molecule has 4 rings (SSSR count). The highest BCUT2D eigenvalue weighted by Crippen LogP contribution is 2.44. The van der Waals surface area contributed by atoms with Crippen LogP contribution in [0.25, 0.3) is 0 Å². The fourth-order valence-electron chi connectivity index (χ4n) is 4.39. The molecule has 1 aromatic heterocycles. The molecule has 3 atom stereocenters. The van der Waals surface area contributed by atoms with E-state index in [1.54, 1.807) is 19.1 Å². The van der Waals surface area contributed by atoms with Crippen molar-refractivity contribution in [1.82, 2.24) is 5.16 Å². The largest absolute Gasteiger partial charge is 0.484 e. The summed E-state index contributed by atoms with van der Waals surface area (Å²) < 4.78 is 31.3. The molecular formula is C26H29FN2O4. The van der Waals surface area contributed by atoms with Gasteiger partial charge in [0, 0.05) is 12.0 Å². The molecule has 0 radical (unpaired) electrons. The van der Waals surface area contributed by atoms with Crippen LogP contribution in [0.4, 0.5) is 10.2 Å². The van der Waals surface area contributed by atoms with Gasteiger partial charge in [-0.05, 0) is 54.5 Å². The van der Waals surface area contributed by atoms with Crippen molar-refractivity contribution in [3.63, 3.8) is 0 Å². The first-order valence-electron chi connectivity index (χ1n) is 11.2. The Kier molecular flexibility index (Phi) is 7.08. The Hall–Kier alpha value is -3.19. The van der Waals surface area contributed by atoms with Gasteiger partial charge in [-0.15, -0.1) is 0 Å². The van der Waals surface area contributed by atoms with E-state index in [9.17, 15) is 9.18 Å². The Bertz CT molecular complexity index is 1100. The number of ether oxygens (including phenoxy) is 2. The molecule has 1 aliphatic heterocycles. The number of nitrogens with one attached hydrogen (secondary N) is 1. The van der Waals surface area contributed by atoms with Crippen molar-refractivity contribution >= 4 is 11.7 Å². The molecule has 1 saturated heterocycles. The molecule has 7 heteroatoms. The van der Waals surface area contributed by atoms with E-state index in [0.29, 0.717) is 35.4 Å². The molecule has 174 valence electrons. The van der Waals surface area contributed by atoms with Crippen molar-refractivity contribution in [3.05, 3.63) is 77.3 Å². The lowest BCUT2D eigenvalue weighted by atomic mass is 9.76. The van der Waals surface area contributed by atoms with E-state index in [1.165, 1.54) is 6.07 Å². The van der Waals surface area contributed by atoms with Gasteiger partial charge >= 0.3 is 0 Å². The second-order valence-electron chi connectivity index (χ2n) is 8.85. The number of carbonyl (C=O) groups excluding carboxylic acids is 1. The van der Waals surface area contributed by atoms with Crippen molar-refractivity contribution in [2.75, 3.05) is 18.5 Å². The molecule has 0 aliphatic carbocycles. The normalized spacial score (nSPS) is 20.6. The van der Waals surface area contributed by atoms with E-state index in [4.69, 9.17) is 14.0 Å². The van der Waals surface area contributed by atoms with Gasteiger partial charge in [0.25, 0.3) is 5.91 Å². The Labute approximate surface area is 193 Å². The van der Waals surface area contributed by atoms with Gasteiger partial charge in [0.2, 0.25) is 0 Å². The summed E-state index contributed by atoms with van der Waals surface area (Å²) in [6, 6.07) is 16.2. The maximum atomic E-state index is 14.4. The van der Waals surface area contributed by atoms with Crippen LogP contribution >= 0.6 is 0 Å². The molecule has 3 aromatic rings. The van der Waals surface area contributed by atoms with Crippen LogP contribution in [-0.4, -0.2) is 24.3 Å². The van der Waals surface area contributed by atoms with Crippen LogP contribution in [0.15, 0.2) is 59.1 Å². The lowest BCUT2D eigenvalue weighted by Crippen LogP contribution is -2.31. The van der Waals surface area contributed by atoms with E-state index < -0.39 is 0 Å². The number of halogens is 1. The molecule has 1 amide bonds. The summed E-state index contributed by atoms with van der Waals surface area (Å²) in [5.41, 5.74) is 1.71. The third-order valence-electron chi connectivity index (χ3n) is 6.08. The number of hydrogen-bond acceptors (Lipinski definition) is 5. The van der Waals surface area contributed by atoms with Gasteiger partial charge in [-0.1, -0.05) is 49.3 Å². The van der Waals surface area contributed by atoms with Crippen LogP contribution in [0.2, 0.25) is 0 Å². The van der Waals surface area contributed by atoms with E-state index in [-0.39, 0.29) is 36.3 Å². The zero-order chi connectivity index (χ0) is 23.4. The molecule has 0 saturated carbocycles. The van der Waals surface area contributed by atoms with Gasteiger partial charge in [-0.25, -0.2) is 4.39 Å². The molecule has 0 bridgehead atoms. The summed E-state index contributed by atoms with van der Waals surface area (Å²) in [7, 11) is 0. The monoisotopic (exact) mass is 452 g/mol. The highest BCUT2D eigenvalue weighted by atomic mass is 19.1. The van der Waals surface area contributed by atoms with Crippen LogP contribution in [0.3, 0.4) is 0 Å². The number of rotatable bonds is 7. The number of aryl methyl sites for hydroxylation is 1. The third-order valence-corrected chi connectivity index (χ3v) is 6.08. The summed E-state index contributed by atoms with van der Waals surface area (Å²) in [6.07, 6.45) is 0.719. The summed E-state index contributed by atoms with van der Waals surface area (Å²) in [4.78, 5) is 12.1. The fourth-order valence-corrected chi connectivity index (χ4v) is 4.39. The van der Waals surface area contributed by atoms with Gasteiger partial charge < -0.3 is 19.3 Å². The van der Waals surface area contributed by atoms with Crippen molar-refractivity contribution < 1.29 is 23.2 Å². The van der Waals surface area contributed by atoms with Crippen LogP contribution in [0.5, 0.6) is 5.75 Å². The van der Waals surface area contributed by atoms with Crippen molar-refractivity contribution in [2.45, 2.75) is 39.2 Å². The second-order valence-corrected chi connectivity index (χ2v) is 8.85. The van der Waals surface area contributed by atoms with E-state index >= 15 is 0 Å². The standard InChI is InChI=1S/C26H29FN2O4/c1-16(2)22-13-19(21-9-4-5-10-23(21)27)14-32-26(22)18-7-6-8-20(12-18)31-15-25(30)28-24-11-17(3)33-29-24/h4-12,16,19,22,26H,13-15H2,1-3H3,(H,28,29,30)/t19-,22-,26-/m0/s1. The van der Waals surface area contributed by atoms with Gasteiger partial charge in [-0.2, -0.15) is 0 Å². The SMILES string of the molecule is Cc1cc(NC(=O)COc2cccc([C@@H]3OC[C@@H](c4ccccc4F)C[C@H]3C(C)C)c2)no1. The molecule has 2 heterocycles. The molecule has 0 spiro atoms. The summed E-state index contributed by atoms with van der Waals surface area (Å²) in [6.45, 7) is 6.40. The minimum atomic E-state index is -0.324. The highest BCUT2D eigenvalue weighted by molar-refractivity contribution is 5.90. The molecule has 1 N–H and O–H groups in total. The number of benzene rings is 2. The Balaban J connectivity index is 1.42. The molecular weight excluding hydrogens is 423 g/mol. The van der Waals surface area contributed by atoms with Crippen LogP contribution in [0, 0.1) is 24.6 Å². The van der Waals surface area contributed by atoms with Gasteiger partial charge in [0.05, 0.1) is 12.7 Å². The first-order valence-corrected chi connectivity index (χ1v) is 11.2. The van der Waals surface area contributed by atoms with Crippen LogP contribution < -0.4 is 10.1 Å². The fraction of sp³-hybridized carbons (Fsp3) is 0.385. The van der Waals surface area contributed by atoms with Gasteiger partial charge in [-0.3, -0.25) is 4.79 Å². The third kappa shape index (κ3) is 5.60. The number of hydrogen-bond donors (Lipinski definition) is 1. The second kappa shape index (κ2) is 10.2. The molecule has 0 unspecified atom stereocenters. The lowest BCUT2D eigenvalue weighted by molar-refractivity contribution is -0.118. The van der Waals surface area contributed by atoms with Crippen molar-refractivity contribution in [3.8, 4) is 5.75 Å². The quantitative estimate of drug-likeness (QED) is 0.501. The lowest BCUT2D eigenvalue weighted by Gasteiger charge is -2.39. The Morgan fingerprint density at radius 3 is 2.76 bits per heavy atom. The van der Waals surface area contributed by atoms with E-state index in [2.05, 4.69) is 24.3 Å². The summed E-state index contributed by atoms with van der Waals surface area (Å²) >= 11 is 0. The zero-order valence-corrected chi connectivity index (χ0v) is 19.1. The topological polar surface area (TPSA) is 73.6 Å². The number of anilines is 1. The molecule has 1 fully saturated rings. The minimum Gasteiger partial charge on any atom is -0.484 e. The highest BCUT2D eigenvalue weighted by Gasteiger charge is 2.35.